The normalized spacial score (nSPS) is 10.8. The first kappa shape index (κ1) is 15.4. The van der Waals surface area contributed by atoms with E-state index in [9.17, 15) is 9.18 Å². The number of aryl methyl sites for hydroxylation is 1. The van der Waals surface area contributed by atoms with Gasteiger partial charge in [0.15, 0.2) is 11.6 Å². The zero-order valence-corrected chi connectivity index (χ0v) is 12.2. The zero-order chi connectivity index (χ0) is 15.4. The molecule has 1 aromatic heterocycles. The molecule has 0 bridgehead atoms. The lowest BCUT2D eigenvalue weighted by Gasteiger charge is -2.09. The first-order valence-electron chi connectivity index (χ1n) is 6.27. The van der Waals surface area contributed by atoms with Gasteiger partial charge in [-0.15, -0.1) is 11.6 Å². The fourth-order valence-corrected chi connectivity index (χ4v) is 2.26. The third-order valence-electron chi connectivity index (χ3n) is 2.98. The third kappa shape index (κ3) is 3.36. The van der Waals surface area contributed by atoms with Crippen LogP contribution in [0.3, 0.4) is 0 Å². The summed E-state index contributed by atoms with van der Waals surface area (Å²) in [6, 6.07) is 2.86. The lowest BCUT2D eigenvalue weighted by molar-refractivity contribution is 0.152. The smallest absolute Gasteiger partial charge is 0.404 e. The highest BCUT2D eigenvalue weighted by atomic mass is 35.5. The molecule has 0 radical (unpaired) electrons. The molecule has 0 saturated carbocycles. The van der Waals surface area contributed by atoms with Gasteiger partial charge in [-0.3, -0.25) is 0 Å². The zero-order valence-electron chi connectivity index (χ0n) is 11.4. The van der Waals surface area contributed by atoms with Gasteiger partial charge in [-0.25, -0.2) is 14.2 Å². The van der Waals surface area contributed by atoms with Crippen LogP contribution in [-0.4, -0.2) is 35.2 Å². The van der Waals surface area contributed by atoms with E-state index in [-0.39, 0.29) is 12.4 Å². The Balaban J connectivity index is 2.42. The molecule has 0 saturated heterocycles. The summed E-state index contributed by atoms with van der Waals surface area (Å²) in [5.74, 6) is 0.692. The van der Waals surface area contributed by atoms with E-state index >= 15 is 0 Å². The number of fused-ring (bicyclic) bond motifs is 1. The maximum atomic E-state index is 13.7. The van der Waals surface area contributed by atoms with Gasteiger partial charge in [0.1, 0.15) is 12.4 Å². The number of rotatable bonds is 6. The largest absolute Gasteiger partial charge is 0.494 e. The van der Waals surface area contributed by atoms with E-state index in [1.54, 1.807) is 6.07 Å². The van der Waals surface area contributed by atoms with Gasteiger partial charge in [0, 0.05) is 24.4 Å². The maximum Gasteiger partial charge on any atom is 0.404 e. The highest BCUT2D eigenvalue weighted by molar-refractivity contribution is 6.17. The molecule has 0 unspecified atom stereocenters. The summed E-state index contributed by atoms with van der Waals surface area (Å²) in [7, 11) is 1.39. The van der Waals surface area contributed by atoms with Crippen molar-refractivity contribution < 1.29 is 18.7 Å². The van der Waals surface area contributed by atoms with Crippen LogP contribution in [0.1, 0.15) is 5.82 Å². The number of benzene rings is 1. The highest BCUT2D eigenvalue weighted by Crippen LogP contribution is 2.25. The summed E-state index contributed by atoms with van der Waals surface area (Å²) in [6.07, 6.45) is -0.335. The van der Waals surface area contributed by atoms with Gasteiger partial charge in [0.2, 0.25) is 0 Å². The number of methoxy groups -OCH3 is 1. The van der Waals surface area contributed by atoms with Crippen molar-refractivity contribution in [3.63, 3.8) is 0 Å². The van der Waals surface area contributed by atoms with Crippen LogP contribution < -0.4 is 10.5 Å². The van der Waals surface area contributed by atoms with E-state index in [0.29, 0.717) is 35.7 Å². The summed E-state index contributed by atoms with van der Waals surface area (Å²) in [5, 5.41) is 0. The monoisotopic (exact) mass is 315 g/mol. The molecule has 114 valence electrons. The van der Waals surface area contributed by atoms with Crippen LogP contribution in [0.15, 0.2) is 12.1 Å². The maximum absolute atomic E-state index is 13.7. The van der Waals surface area contributed by atoms with E-state index in [1.807, 2.05) is 4.57 Å². The Labute approximate surface area is 125 Å². The van der Waals surface area contributed by atoms with Crippen molar-refractivity contribution in [1.29, 1.82) is 0 Å². The first-order valence-corrected chi connectivity index (χ1v) is 6.81. The second kappa shape index (κ2) is 6.62. The van der Waals surface area contributed by atoms with E-state index in [1.165, 1.54) is 13.2 Å². The number of hydrogen-bond donors (Lipinski definition) is 1. The number of ether oxygens (including phenoxy) is 2. The van der Waals surface area contributed by atoms with Crippen LogP contribution in [0.2, 0.25) is 0 Å². The van der Waals surface area contributed by atoms with E-state index in [0.717, 1.165) is 0 Å². The van der Waals surface area contributed by atoms with Crippen molar-refractivity contribution in [3.8, 4) is 5.75 Å². The summed E-state index contributed by atoms with van der Waals surface area (Å²) in [6.45, 7) is 0.441. The van der Waals surface area contributed by atoms with E-state index in [2.05, 4.69) is 4.98 Å². The van der Waals surface area contributed by atoms with Crippen molar-refractivity contribution in [1.82, 2.24) is 9.55 Å². The van der Waals surface area contributed by atoms with Crippen LogP contribution in [0.5, 0.6) is 5.75 Å². The van der Waals surface area contributed by atoms with Gasteiger partial charge in [-0.1, -0.05) is 0 Å². The summed E-state index contributed by atoms with van der Waals surface area (Å²) < 4.78 is 25.2. The molecule has 2 rings (SSSR count). The number of carbonyl (C=O) groups excluding carboxylic acids is 1. The predicted molar refractivity (Wildman–Crippen MR) is 76.2 cm³/mol. The Kier molecular flexibility index (Phi) is 4.85. The Bertz CT molecular complexity index is 660. The highest BCUT2D eigenvalue weighted by Gasteiger charge is 2.14. The number of halogens is 2. The van der Waals surface area contributed by atoms with Crippen molar-refractivity contribution in [2.45, 2.75) is 13.0 Å². The number of carbonyl (C=O) groups is 1. The summed E-state index contributed by atoms with van der Waals surface area (Å²) in [4.78, 5) is 15.0. The Morgan fingerprint density at radius 1 is 1.52 bits per heavy atom. The summed E-state index contributed by atoms with van der Waals surface area (Å²) in [5.41, 5.74) is 6.10. The minimum absolute atomic E-state index is 0.0930. The van der Waals surface area contributed by atoms with Gasteiger partial charge in [0.25, 0.3) is 0 Å². The van der Waals surface area contributed by atoms with Gasteiger partial charge >= 0.3 is 6.09 Å². The second-order valence-electron chi connectivity index (χ2n) is 4.26. The average molecular weight is 316 g/mol. The molecule has 1 heterocycles. The number of hydrogen-bond acceptors (Lipinski definition) is 4. The molecule has 0 aliphatic carbocycles. The lowest BCUT2D eigenvalue weighted by atomic mass is 10.3. The molecule has 2 N–H and O–H groups in total. The minimum Gasteiger partial charge on any atom is -0.494 e. The van der Waals surface area contributed by atoms with Crippen LogP contribution in [0, 0.1) is 5.82 Å². The van der Waals surface area contributed by atoms with Crippen LogP contribution in [-0.2, 0) is 17.7 Å². The molecule has 21 heavy (non-hydrogen) atoms. The van der Waals surface area contributed by atoms with Crippen molar-refractivity contribution >= 4 is 28.7 Å². The number of primary amides is 1. The van der Waals surface area contributed by atoms with Crippen LogP contribution in [0.25, 0.3) is 11.0 Å². The third-order valence-corrected chi connectivity index (χ3v) is 3.17. The van der Waals surface area contributed by atoms with Crippen molar-refractivity contribution in [2.75, 3.05) is 19.6 Å². The molecule has 8 heteroatoms. The van der Waals surface area contributed by atoms with Gasteiger partial charge in [0.05, 0.1) is 24.7 Å². The molecule has 6 nitrogen and oxygen atoms in total. The fraction of sp³-hybridized carbons (Fsp3) is 0.385. The van der Waals surface area contributed by atoms with Crippen molar-refractivity contribution in [2.24, 2.45) is 5.73 Å². The second-order valence-corrected chi connectivity index (χ2v) is 4.64. The molecular weight excluding hydrogens is 301 g/mol. The standard InChI is InChI=1S/C13H15ClFN3O3/c1-20-11-7-10-9(6-8(11)15)17-12(2-3-14)18(10)4-5-21-13(16)19/h6-7H,2-5H2,1H3,(H2,16,19). The van der Waals surface area contributed by atoms with E-state index in [4.69, 9.17) is 26.8 Å². The molecule has 0 atom stereocenters. The van der Waals surface area contributed by atoms with Crippen LogP contribution >= 0.6 is 11.6 Å². The van der Waals surface area contributed by atoms with Crippen LogP contribution in [0.4, 0.5) is 9.18 Å². The van der Waals surface area contributed by atoms with Crippen molar-refractivity contribution in [3.05, 3.63) is 23.8 Å². The number of aromatic nitrogens is 2. The number of amides is 1. The average Bonchev–Trinajstić information content (AvgIpc) is 2.75. The molecule has 0 aliphatic heterocycles. The number of alkyl halides is 1. The quantitative estimate of drug-likeness (QED) is 0.827. The van der Waals surface area contributed by atoms with E-state index < -0.39 is 11.9 Å². The predicted octanol–water partition coefficient (Wildman–Crippen LogP) is 2.06. The molecule has 1 aromatic carbocycles. The molecule has 0 aliphatic rings. The molecule has 2 aromatic rings. The molecule has 0 fully saturated rings. The first-order chi connectivity index (χ1) is 10.1. The lowest BCUT2D eigenvalue weighted by Crippen LogP contribution is -2.17. The Hall–Kier alpha value is -2.02. The Morgan fingerprint density at radius 2 is 2.29 bits per heavy atom. The number of nitrogens with zero attached hydrogens (tertiary/aromatic N) is 2. The van der Waals surface area contributed by atoms with Gasteiger partial charge < -0.3 is 19.8 Å². The number of nitrogens with two attached hydrogens (primary N) is 1. The molecule has 0 spiro atoms. The minimum atomic E-state index is -0.845. The Morgan fingerprint density at radius 3 is 2.90 bits per heavy atom. The fourth-order valence-electron chi connectivity index (χ4n) is 2.10. The molecule has 1 amide bonds. The van der Waals surface area contributed by atoms with Gasteiger partial charge in [-0.05, 0) is 0 Å². The SMILES string of the molecule is COc1cc2c(cc1F)nc(CCCl)n2CCOC(N)=O. The summed E-state index contributed by atoms with van der Waals surface area (Å²) >= 11 is 5.75. The van der Waals surface area contributed by atoms with Gasteiger partial charge in [-0.2, -0.15) is 0 Å². The molecular formula is C13H15ClFN3O3. The topological polar surface area (TPSA) is 79.4 Å². The number of imidazole rings is 1.